The van der Waals surface area contributed by atoms with Gasteiger partial charge in [-0.05, 0) is 12.0 Å². The fraction of sp³-hybridized carbons (Fsp3) is 0.333. The maximum Gasteiger partial charge on any atom is 0.316 e. The van der Waals surface area contributed by atoms with Gasteiger partial charge in [0.15, 0.2) is 5.78 Å². The molecule has 0 fully saturated rings. The molecule has 0 radical (unpaired) electrons. The number of rotatable bonds is 4. The topological polar surface area (TPSA) is 56.5 Å². The van der Waals surface area contributed by atoms with Crippen molar-refractivity contribution >= 4 is 22.7 Å². The molecular weight excluding hydrogens is 244 g/mol. The van der Waals surface area contributed by atoms with E-state index in [9.17, 15) is 9.59 Å². The van der Waals surface area contributed by atoms with Crippen molar-refractivity contribution in [3.05, 3.63) is 36.1 Å². The molecule has 0 bridgehead atoms. The van der Waals surface area contributed by atoms with Gasteiger partial charge >= 0.3 is 5.97 Å². The van der Waals surface area contributed by atoms with Crippen LogP contribution in [0.3, 0.4) is 0 Å². The number of ketones is 1. The minimum absolute atomic E-state index is 0.131. The molecule has 0 N–H and O–H groups in total. The number of furan rings is 1. The highest BCUT2D eigenvalue weighted by Gasteiger charge is 2.33. The van der Waals surface area contributed by atoms with Crippen LogP contribution in [0.1, 0.15) is 24.2 Å². The van der Waals surface area contributed by atoms with Crippen LogP contribution >= 0.6 is 0 Å². The van der Waals surface area contributed by atoms with E-state index in [1.54, 1.807) is 12.1 Å². The molecule has 2 rings (SSSR count). The lowest BCUT2D eigenvalue weighted by molar-refractivity contribution is -0.144. The summed E-state index contributed by atoms with van der Waals surface area (Å²) in [6.07, 6.45) is 1.41. The molecule has 100 valence electrons. The van der Waals surface area contributed by atoms with Gasteiger partial charge in [0.25, 0.3) is 0 Å². The third-order valence-corrected chi connectivity index (χ3v) is 3.15. The van der Waals surface area contributed by atoms with Crippen molar-refractivity contribution < 1.29 is 18.7 Å². The molecule has 19 heavy (non-hydrogen) atoms. The maximum atomic E-state index is 12.5. The number of carbonyl (C=O) groups excluding carboxylic acids is 2. The zero-order valence-electron chi connectivity index (χ0n) is 11.2. The number of benzene rings is 1. The van der Waals surface area contributed by atoms with Gasteiger partial charge in [-0.1, -0.05) is 32.0 Å². The predicted molar refractivity (Wildman–Crippen MR) is 70.9 cm³/mol. The Labute approximate surface area is 111 Å². The molecule has 0 aliphatic heterocycles. The summed E-state index contributed by atoms with van der Waals surface area (Å²) in [4.78, 5) is 24.3. The fourth-order valence-corrected chi connectivity index (χ4v) is 2.15. The van der Waals surface area contributed by atoms with E-state index in [0.29, 0.717) is 11.1 Å². The average molecular weight is 260 g/mol. The number of hydrogen-bond acceptors (Lipinski definition) is 4. The van der Waals surface area contributed by atoms with E-state index in [-0.39, 0.29) is 11.7 Å². The predicted octanol–water partition coefficient (Wildman–Crippen LogP) is 3.06. The Morgan fingerprint density at radius 1 is 1.21 bits per heavy atom. The zero-order valence-corrected chi connectivity index (χ0v) is 11.2. The van der Waals surface area contributed by atoms with E-state index in [4.69, 9.17) is 9.15 Å². The highest BCUT2D eigenvalue weighted by Crippen LogP contribution is 2.26. The third-order valence-electron chi connectivity index (χ3n) is 3.15. The summed E-state index contributed by atoms with van der Waals surface area (Å²) >= 11 is 0. The number of methoxy groups -OCH3 is 1. The van der Waals surface area contributed by atoms with Crippen LogP contribution in [-0.4, -0.2) is 18.9 Å². The van der Waals surface area contributed by atoms with E-state index >= 15 is 0 Å². The standard InChI is InChI=1S/C15H16O4/c1-9(2)13(15(17)18-3)14(16)11-8-19-12-7-5-4-6-10(11)12/h4-9,13H,1-3H3. The van der Waals surface area contributed by atoms with Crippen molar-refractivity contribution in [3.8, 4) is 0 Å². The molecule has 1 unspecified atom stereocenters. The molecule has 1 heterocycles. The monoisotopic (exact) mass is 260 g/mol. The summed E-state index contributed by atoms with van der Waals surface area (Å²) in [5.74, 6) is -1.70. The molecule has 1 atom stereocenters. The van der Waals surface area contributed by atoms with Crippen molar-refractivity contribution in [2.75, 3.05) is 7.11 Å². The first-order valence-corrected chi connectivity index (χ1v) is 6.14. The fourth-order valence-electron chi connectivity index (χ4n) is 2.15. The molecule has 1 aromatic carbocycles. The van der Waals surface area contributed by atoms with Crippen molar-refractivity contribution in [2.24, 2.45) is 11.8 Å². The molecule has 2 aromatic rings. The zero-order chi connectivity index (χ0) is 14.0. The van der Waals surface area contributed by atoms with E-state index in [1.165, 1.54) is 13.4 Å². The van der Waals surface area contributed by atoms with Crippen LogP contribution in [0.2, 0.25) is 0 Å². The number of para-hydroxylation sites is 1. The summed E-state index contributed by atoms with van der Waals surface area (Å²) in [6.45, 7) is 3.64. The lowest BCUT2D eigenvalue weighted by Gasteiger charge is -2.16. The Balaban J connectivity index is 2.45. The van der Waals surface area contributed by atoms with Gasteiger partial charge in [-0.2, -0.15) is 0 Å². The minimum Gasteiger partial charge on any atom is -0.468 e. The molecule has 0 amide bonds. The van der Waals surface area contributed by atoms with Crippen LogP contribution in [0.5, 0.6) is 0 Å². The molecule has 4 nitrogen and oxygen atoms in total. The highest BCUT2D eigenvalue weighted by molar-refractivity contribution is 6.14. The van der Waals surface area contributed by atoms with Crippen LogP contribution in [0, 0.1) is 11.8 Å². The first-order chi connectivity index (χ1) is 9.06. The second kappa shape index (κ2) is 5.26. The van der Waals surface area contributed by atoms with Crippen molar-refractivity contribution in [2.45, 2.75) is 13.8 Å². The summed E-state index contributed by atoms with van der Waals surface area (Å²) < 4.78 is 10.1. The van der Waals surface area contributed by atoms with Gasteiger partial charge < -0.3 is 9.15 Å². The van der Waals surface area contributed by atoms with Gasteiger partial charge in [0, 0.05) is 5.39 Å². The SMILES string of the molecule is COC(=O)C(C(=O)c1coc2ccccc12)C(C)C. The largest absolute Gasteiger partial charge is 0.468 e. The normalized spacial score (nSPS) is 12.6. The van der Waals surface area contributed by atoms with Gasteiger partial charge in [-0.3, -0.25) is 9.59 Å². The summed E-state index contributed by atoms with van der Waals surface area (Å²) in [5.41, 5.74) is 1.07. The summed E-state index contributed by atoms with van der Waals surface area (Å²) in [5, 5.41) is 0.724. The van der Waals surface area contributed by atoms with Gasteiger partial charge in [0.2, 0.25) is 0 Å². The smallest absolute Gasteiger partial charge is 0.316 e. The average Bonchev–Trinajstić information content (AvgIpc) is 2.81. The van der Waals surface area contributed by atoms with Gasteiger partial charge in [0.1, 0.15) is 17.8 Å². The van der Waals surface area contributed by atoms with E-state index < -0.39 is 11.9 Å². The molecule has 0 aliphatic rings. The Kier molecular flexibility index (Phi) is 3.69. The molecule has 1 aromatic heterocycles. The van der Waals surface area contributed by atoms with E-state index in [0.717, 1.165) is 5.39 Å². The van der Waals surface area contributed by atoms with Gasteiger partial charge in [0.05, 0.1) is 12.7 Å². The third kappa shape index (κ3) is 2.38. The van der Waals surface area contributed by atoms with Crippen molar-refractivity contribution in [3.63, 3.8) is 0 Å². The number of esters is 1. The Morgan fingerprint density at radius 2 is 1.89 bits per heavy atom. The van der Waals surface area contributed by atoms with E-state index in [2.05, 4.69) is 0 Å². The first kappa shape index (κ1) is 13.3. The van der Waals surface area contributed by atoms with Gasteiger partial charge in [-0.25, -0.2) is 0 Å². The lowest BCUT2D eigenvalue weighted by atomic mass is 9.88. The second-order valence-electron chi connectivity index (χ2n) is 4.75. The summed E-state index contributed by atoms with van der Waals surface area (Å²) in [7, 11) is 1.29. The molecule has 0 aliphatic carbocycles. The van der Waals surface area contributed by atoms with Crippen LogP contribution < -0.4 is 0 Å². The molecular formula is C15H16O4. The number of carbonyl (C=O) groups is 2. The number of hydrogen-bond donors (Lipinski definition) is 0. The van der Waals surface area contributed by atoms with Crippen LogP contribution in [-0.2, 0) is 9.53 Å². The van der Waals surface area contributed by atoms with Crippen molar-refractivity contribution in [1.29, 1.82) is 0 Å². The Morgan fingerprint density at radius 3 is 2.53 bits per heavy atom. The highest BCUT2D eigenvalue weighted by atomic mass is 16.5. The second-order valence-corrected chi connectivity index (χ2v) is 4.75. The van der Waals surface area contributed by atoms with Gasteiger partial charge in [-0.15, -0.1) is 0 Å². The number of ether oxygens (including phenoxy) is 1. The molecule has 0 saturated heterocycles. The lowest BCUT2D eigenvalue weighted by Crippen LogP contribution is -2.29. The van der Waals surface area contributed by atoms with E-state index in [1.807, 2.05) is 26.0 Å². The van der Waals surface area contributed by atoms with Crippen LogP contribution in [0.15, 0.2) is 34.9 Å². The maximum absolute atomic E-state index is 12.5. The van der Waals surface area contributed by atoms with Crippen molar-refractivity contribution in [1.82, 2.24) is 0 Å². The summed E-state index contributed by atoms with van der Waals surface area (Å²) in [6, 6.07) is 7.26. The Hall–Kier alpha value is -2.10. The number of fused-ring (bicyclic) bond motifs is 1. The van der Waals surface area contributed by atoms with Crippen LogP contribution in [0.25, 0.3) is 11.0 Å². The number of Topliss-reactive ketones (excluding diaryl/α,β-unsaturated/α-hetero) is 1. The quantitative estimate of drug-likeness (QED) is 0.481. The molecule has 0 spiro atoms. The first-order valence-electron chi connectivity index (χ1n) is 6.14. The Bertz CT molecular complexity index is 609. The molecule has 4 heteroatoms. The minimum atomic E-state index is -0.800. The van der Waals surface area contributed by atoms with Crippen LogP contribution in [0.4, 0.5) is 0 Å². The molecule has 0 saturated carbocycles.